The highest BCUT2D eigenvalue weighted by Gasteiger charge is 2.12. The Kier molecular flexibility index (Phi) is 3.93. The molecular formula is C12H12ClN3OS. The molecule has 2 heterocycles. The van der Waals surface area contributed by atoms with Gasteiger partial charge in [0.2, 0.25) is 0 Å². The third-order valence-electron chi connectivity index (χ3n) is 2.32. The van der Waals surface area contributed by atoms with Gasteiger partial charge in [-0.05, 0) is 18.1 Å². The van der Waals surface area contributed by atoms with E-state index in [0.29, 0.717) is 15.8 Å². The van der Waals surface area contributed by atoms with Gasteiger partial charge in [-0.1, -0.05) is 25.4 Å². The summed E-state index contributed by atoms with van der Waals surface area (Å²) in [5, 5.41) is 5.41. The largest absolute Gasteiger partial charge is 0.298 e. The van der Waals surface area contributed by atoms with Gasteiger partial charge < -0.3 is 0 Å². The SMILES string of the molecule is CC(C)c1cc(C(=O)Nc2nccs2)cc(Cl)n1. The minimum atomic E-state index is -0.226. The van der Waals surface area contributed by atoms with Crippen molar-refractivity contribution in [1.29, 1.82) is 0 Å². The molecule has 0 fully saturated rings. The molecule has 2 aromatic rings. The molecule has 0 aliphatic rings. The molecule has 0 spiro atoms. The number of halogens is 1. The van der Waals surface area contributed by atoms with E-state index in [1.165, 1.54) is 11.3 Å². The van der Waals surface area contributed by atoms with Crippen LogP contribution in [0.15, 0.2) is 23.7 Å². The van der Waals surface area contributed by atoms with Gasteiger partial charge in [-0.2, -0.15) is 0 Å². The summed E-state index contributed by atoms with van der Waals surface area (Å²) in [7, 11) is 0. The second-order valence-corrected chi connectivity index (χ2v) is 5.33. The zero-order chi connectivity index (χ0) is 13.1. The molecule has 0 radical (unpaired) electrons. The lowest BCUT2D eigenvalue weighted by Gasteiger charge is -2.08. The summed E-state index contributed by atoms with van der Waals surface area (Å²) in [4.78, 5) is 20.2. The molecule has 2 aromatic heterocycles. The van der Waals surface area contributed by atoms with Gasteiger partial charge in [0.05, 0.1) is 0 Å². The number of anilines is 1. The van der Waals surface area contributed by atoms with Crippen molar-refractivity contribution in [3.63, 3.8) is 0 Å². The Bertz CT molecular complexity index is 554. The quantitative estimate of drug-likeness (QED) is 0.875. The topological polar surface area (TPSA) is 54.9 Å². The maximum absolute atomic E-state index is 12.0. The van der Waals surface area contributed by atoms with Crippen molar-refractivity contribution >= 4 is 34.0 Å². The first kappa shape index (κ1) is 13.0. The molecule has 94 valence electrons. The van der Waals surface area contributed by atoms with Crippen LogP contribution < -0.4 is 5.32 Å². The molecule has 6 heteroatoms. The molecule has 0 aliphatic carbocycles. The zero-order valence-corrected chi connectivity index (χ0v) is 11.5. The summed E-state index contributed by atoms with van der Waals surface area (Å²) in [6, 6.07) is 3.30. The highest BCUT2D eigenvalue weighted by atomic mass is 35.5. The van der Waals surface area contributed by atoms with E-state index in [1.54, 1.807) is 23.7 Å². The van der Waals surface area contributed by atoms with Crippen LogP contribution in [0.1, 0.15) is 35.8 Å². The van der Waals surface area contributed by atoms with Gasteiger partial charge in [-0.3, -0.25) is 10.1 Å². The first-order valence-corrected chi connectivity index (χ1v) is 6.70. The molecule has 0 saturated carbocycles. The van der Waals surface area contributed by atoms with E-state index in [4.69, 9.17) is 11.6 Å². The van der Waals surface area contributed by atoms with Crippen LogP contribution in [0, 0.1) is 0 Å². The Hall–Kier alpha value is -1.46. The first-order chi connectivity index (χ1) is 8.56. The van der Waals surface area contributed by atoms with Gasteiger partial charge in [-0.25, -0.2) is 9.97 Å². The Balaban J connectivity index is 2.24. The zero-order valence-electron chi connectivity index (χ0n) is 9.98. The Labute approximate surface area is 114 Å². The standard InChI is InChI=1S/C12H12ClN3OS/c1-7(2)9-5-8(6-10(13)15-9)11(17)16-12-14-3-4-18-12/h3-7H,1-2H3,(H,14,16,17). The fourth-order valence-corrected chi connectivity index (χ4v) is 2.14. The van der Waals surface area contributed by atoms with Crippen LogP contribution in [0.5, 0.6) is 0 Å². The van der Waals surface area contributed by atoms with Crippen molar-refractivity contribution in [3.05, 3.63) is 40.1 Å². The van der Waals surface area contributed by atoms with Crippen LogP contribution in [-0.2, 0) is 0 Å². The van der Waals surface area contributed by atoms with Crippen LogP contribution in [0.3, 0.4) is 0 Å². The fraction of sp³-hybridized carbons (Fsp3) is 0.250. The monoisotopic (exact) mass is 281 g/mol. The molecular weight excluding hydrogens is 270 g/mol. The molecule has 18 heavy (non-hydrogen) atoms. The van der Waals surface area contributed by atoms with Gasteiger partial charge in [0.25, 0.3) is 5.91 Å². The molecule has 2 rings (SSSR count). The minimum absolute atomic E-state index is 0.218. The summed E-state index contributed by atoms with van der Waals surface area (Å²) in [6.07, 6.45) is 1.64. The smallest absolute Gasteiger partial charge is 0.257 e. The number of carbonyl (C=O) groups excluding carboxylic acids is 1. The lowest BCUT2D eigenvalue weighted by molar-refractivity contribution is 0.102. The van der Waals surface area contributed by atoms with E-state index in [2.05, 4.69) is 15.3 Å². The summed E-state index contributed by atoms with van der Waals surface area (Å²) in [5.41, 5.74) is 1.29. The molecule has 4 nitrogen and oxygen atoms in total. The van der Waals surface area contributed by atoms with Crippen LogP contribution in [0.2, 0.25) is 5.15 Å². The lowest BCUT2D eigenvalue weighted by atomic mass is 10.1. The number of nitrogens with one attached hydrogen (secondary N) is 1. The molecule has 0 aliphatic heterocycles. The van der Waals surface area contributed by atoms with Crippen molar-refractivity contribution in [1.82, 2.24) is 9.97 Å². The predicted molar refractivity (Wildman–Crippen MR) is 73.4 cm³/mol. The Morgan fingerprint density at radius 1 is 1.44 bits per heavy atom. The number of pyridine rings is 1. The van der Waals surface area contributed by atoms with Gasteiger partial charge in [-0.15, -0.1) is 11.3 Å². The maximum atomic E-state index is 12.0. The Morgan fingerprint density at radius 2 is 2.22 bits per heavy atom. The van der Waals surface area contributed by atoms with Crippen molar-refractivity contribution < 1.29 is 4.79 Å². The van der Waals surface area contributed by atoms with Crippen molar-refractivity contribution in [2.45, 2.75) is 19.8 Å². The van der Waals surface area contributed by atoms with Crippen LogP contribution in [0.4, 0.5) is 5.13 Å². The third kappa shape index (κ3) is 3.05. The number of hydrogen-bond donors (Lipinski definition) is 1. The van der Waals surface area contributed by atoms with E-state index in [1.807, 2.05) is 13.8 Å². The van der Waals surface area contributed by atoms with Crippen molar-refractivity contribution in [2.24, 2.45) is 0 Å². The van der Waals surface area contributed by atoms with Crippen LogP contribution >= 0.6 is 22.9 Å². The van der Waals surface area contributed by atoms with Gasteiger partial charge in [0.1, 0.15) is 5.15 Å². The number of carbonyl (C=O) groups is 1. The molecule has 1 amide bonds. The van der Waals surface area contributed by atoms with Crippen molar-refractivity contribution in [2.75, 3.05) is 5.32 Å². The van der Waals surface area contributed by atoms with Gasteiger partial charge in [0.15, 0.2) is 5.13 Å². The number of thiazole rings is 1. The molecule has 0 aromatic carbocycles. The highest BCUT2D eigenvalue weighted by molar-refractivity contribution is 7.13. The Morgan fingerprint density at radius 3 is 2.83 bits per heavy atom. The van der Waals surface area contributed by atoms with Gasteiger partial charge >= 0.3 is 0 Å². The average Bonchev–Trinajstić information content (AvgIpc) is 2.80. The van der Waals surface area contributed by atoms with Crippen LogP contribution in [-0.4, -0.2) is 15.9 Å². The second kappa shape index (κ2) is 5.46. The van der Waals surface area contributed by atoms with E-state index in [9.17, 15) is 4.79 Å². The number of hydrogen-bond acceptors (Lipinski definition) is 4. The number of rotatable bonds is 3. The highest BCUT2D eigenvalue weighted by Crippen LogP contribution is 2.19. The first-order valence-electron chi connectivity index (χ1n) is 5.44. The fourth-order valence-electron chi connectivity index (χ4n) is 1.40. The van der Waals surface area contributed by atoms with E-state index in [0.717, 1.165) is 5.69 Å². The molecule has 0 atom stereocenters. The summed E-state index contributed by atoms with van der Waals surface area (Å²) in [5.74, 6) is -0.00809. The number of aromatic nitrogens is 2. The summed E-state index contributed by atoms with van der Waals surface area (Å²) >= 11 is 7.28. The second-order valence-electron chi connectivity index (χ2n) is 4.05. The third-order valence-corrected chi connectivity index (χ3v) is 3.20. The van der Waals surface area contributed by atoms with Crippen molar-refractivity contribution in [3.8, 4) is 0 Å². The lowest BCUT2D eigenvalue weighted by Crippen LogP contribution is -2.12. The van der Waals surface area contributed by atoms with E-state index >= 15 is 0 Å². The van der Waals surface area contributed by atoms with E-state index in [-0.39, 0.29) is 11.8 Å². The predicted octanol–water partition coefficient (Wildman–Crippen LogP) is 3.57. The minimum Gasteiger partial charge on any atom is -0.298 e. The number of amides is 1. The van der Waals surface area contributed by atoms with Crippen LogP contribution in [0.25, 0.3) is 0 Å². The molecule has 0 saturated heterocycles. The summed E-state index contributed by atoms with van der Waals surface area (Å²) in [6.45, 7) is 4.00. The van der Waals surface area contributed by atoms with Gasteiger partial charge in [0, 0.05) is 22.8 Å². The summed E-state index contributed by atoms with van der Waals surface area (Å²) < 4.78 is 0. The molecule has 0 unspecified atom stereocenters. The molecule has 1 N–H and O–H groups in total. The number of nitrogens with zero attached hydrogens (tertiary/aromatic N) is 2. The van der Waals surface area contributed by atoms with E-state index < -0.39 is 0 Å². The molecule has 0 bridgehead atoms. The average molecular weight is 282 g/mol. The maximum Gasteiger partial charge on any atom is 0.257 e. The normalized spacial score (nSPS) is 10.7.